The SMILES string of the molecule is Cc1cnc(CNCc2cncc3ccccc23)cn1. The molecule has 0 saturated carbocycles. The van der Waals surface area contributed by atoms with Crippen LogP contribution in [0.5, 0.6) is 0 Å². The van der Waals surface area contributed by atoms with Crippen molar-refractivity contribution in [1.29, 1.82) is 0 Å². The zero-order valence-electron chi connectivity index (χ0n) is 11.4. The second-order valence-corrected chi connectivity index (χ2v) is 4.77. The molecule has 0 spiro atoms. The topological polar surface area (TPSA) is 50.7 Å². The molecular formula is C16H16N4. The summed E-state index contributed by atoms with van der Waals surface area (Å²) in [6.07, 6.45) is 7.40. The van der Waals surface area contributed by atoms with Crippen molar-refractivity contribution in [3.8, 4) is 0 Å². The molecule has 2 aromatic heterocycles. The third-order valence-electron chi connectivity index (χ3n) is 3.21. The predicted molar refractivity (Wildman–Crippen MR) is 79.1 cm³/mol. The Balaban J connectivity index is 1.69. The molecule has 0 aliphatic heterocycles. The number of benzene rings is 1. The molecule has 0 aliphatic carbocycles. The highest BCUT2D eigenvalue weighted by molar-refractivity contribution is 5.84. The van der Waals surface area contributed by atoms with E-state index in [2.05, 4.69) is 38.5 Å². The van der Waals surface area contributed by atoms with Crippen LogP contribution in [0.25, 0.3) is 10.8 Å². The number of nitrogens with zero attached hydrogens (tertiary/aromatic N) is 3. The molecule has 3 aromatic rings. The van der Waals surface area contributed by atoms with Crippen molar-refractivity contribution in [2.45, 2.75) is 20.0 Å². The van der Waals surface area contributed by atoms with Crippen LogP contribution in [0.15, 0.2) is 49.1 Å². The highest BCUT2D eigenvalue weighted by Crippen LogP contribution is 2.16. The molecule has 4 nitrogen and oxygen atoms in total. The number of nitrogens with one attached hydrogen (secondary N) is 1. The summed E-state index contributed by atoms with van der Waals surface area (Å²) in [6.45, 7) is 3.41. The molecule has 0 unspecified atom stereocenters. The van der Waals surface area contributed by atoms with Crippen LogP contribution in [0.2, 0.25) is 0 Å². The molecule has 0 amide bonds. The summed E-state index contributed by atoms with van der Waals surface area (Å²) in [7, 11) is 0. The second-order valence-electron chi connectivity index (χ2n) is 4.77. The third-order valence-corrected chi connectivity index (χ3v) is 3.21. The standard InChI is InChI=1S/C16H16N4/c1-12-6-20-15(11-19-12)10-18-9-14-8-17-7-13-4-2-3-5-16(13)14/h2-8,11,18H,9-10H2,1H3. The molecule has 0 bridgehead atoms. The van der Waals surface area contributed by atoms with Crippen molar-refractivity contribution < 1.29 is 0 Å². The minimum atomic E-state index is 0.705. The molecule has 20 heavy (non-hydrogen) atoms. The lowest BCUT2D eigenvalue weighted by Gasteiger charge is -2.07. The zero-order valence-corrected chi connectivity index (χ0v) is 11.4. The third kappa shape index (κ3) is 2.81. The van der Waals surface area contributed by atoms with Crippen LogP contribution >= 0.6 is 0 Å². The number of hydrogen-bond acceptors (Lipinski definition) is 4. The van der Waals surface area contributed by atoms with E-state index in [1.165, 1.54) is 16.3 Å². The van der Waals surface area contributed by atoms with Gasteiger partial charge in [-0.2, -0.15) is 0 Å². The number of fused-ring (bicyclic) bond motifs is 1. The summed E-state index contributed by atoms with van der Waals surface area (Å²) < 4.78 is 0. The zero-order chi connectivity index (χ0) is 13.8. The number of pyridine rings is 1. The summed E-state index contributed by atoms with van der Waals surface area (Å²) in [6, 6.07) is 8.29. The van der Waals surface area contributed by atoms with E-state index in [4.69, 9.17) is 0 Å². The molecule has 100 valence electrons. The number of aromatic nitrogens is 3. The number of aryl methyl sites for hydroxylation is 1. The van der Waals surface area contributed by atoms with Crippen LogP contribution in [-0.2, 0) is 13.1 Å². The Morgan fingerprint density at radius 2 is 1.85 bits per heavy atom. The minimum Gasteiger partial charge on any atom is -0.307 e. The van der Waals surface area contributed by atoms with Crippen LogP contribution in [0.3, 0.4) is 0 Å². The smallest absolute Gasteiger partial charge is 0.0724 e. The van der Waals surface area contributed by atoms with Crippen LogP contribution in [-0.4, -0.2) is 15.0 Å². The van der Waals surface area contributed by atoms with Crippen LogP contribution in [0.1, 0.15) is 17.0 Å². The minimum absolute atomic E-state index is 0.705. The molecule has 4 heteroatoms. The van der Waals surface area contributed by atoms with Gasteiger partial charge in [-0.25, -0.2) is 0 Å². The summed E-state index contributed by atoms with van der Waals surface area (Å²) in [5.74, 6) is 0. The molecule has 0 atom stereocenters. The van der Waals surface area contributed by atoms with E-state index in [9.17, 15) is 0 Å². The van der Waals surface area contributed by atoms with Gasteiger partial charge in [0.15, 0.2) is 0 Å². The van der Waals surface area contributed by atoms with Crippen molar-refractivity contribution >= 4 is 10.8 Å². The molecule has 0 saturated heterocycles. The lowest BCUT2D eigenvalue weighted by atomic mass is 10.1. The van der Waals surface area contributed by atoms with Gasteiger partial charge in [0.05, 0.1) is 11.4 Å². The maximum atomic E-state index is 4.33. The Kier molecular flexibility index (Phi) is 3.65. The van der Waals surface area contributed by atoms with E-state index in [-0.39, 0.29) is 0 Å². The maximum absolute atomic E-state index is 4.33. The molecule has 0 radical (unpaired) electrons. The van der Waals surface area contributed by atoms with Crippen LogP contribution in [0.4, 0.5) is 0 Å². The average Bonchev–Trinajstić information content (AvgIpc) is 2.49. The molecule has 2 heterocycles. The lowest BCUT2D eigenvalue weighted by molar-refractivity contribution is 0.677. The van der Waals surface area contributed by atoms with Crippen molar-refractivity contribution in [1.82, 2.24) is 20.3 Å². The van der Waals surface area contributed by atoms with Gasteiger partial charge in [0.25, 0.3) is 0 Å². The quantitative estimate of drug-likeness (QED) is 0.787. The van der Waals surface area contributed by atoms with Gasteiger partial charge in [-0.3, -0.25) is 15.0 Å². The Morgan fingerprint density at radius 1 is 0.950 bits per heavy atom. The summed E-state index contributed by atoms with van der Waals surface area (Å²) in [5, 5.41) is 5.80. The van der Waals surface area contributed by atoms with E-state index >= 15 is 0 Å². The first kappa shape index (κ1) is 12.7. The Morgan fingerprint density at radius 3 is 2.70 bits per heavy atom. The van der Waals surface area contributed by atoms with E-state index in [1.807, 2.05) is 31.6 Å². The van der Waals surface area contributed by atoms with Crippen LogP contribution in [0, 0.1) is 6.92 Å². The van der Waals surface area contributed by atoms with Crippen molar-refractivity contribution in [3.05, 3.63) is 66.0 Å². The van der Waals surface area contributed by atoms with Gasteiger partial charge in [0.1, 0.15) is 0 Å². The van der Waals surface area contributed by atoms with E-state index in [0.29, 0.717) is 6.54 Å². The van der Waals surface area contributed by atoms with Gasteiger partial charge in [0, 0.05) is 43.3 Å². The van der Waals surface area contributed by atoms with Gasteiger partial charge in [-0.05, 0) is 17.9 Å². The molecule has 1 N–H and O–H groups in total. The Hall–Kier alpha value is -2.33. The second kappa shape index (κ2) is 5.75. The van der Waals surface area contributed by atoms with Crippen molar-refractivity contribution in [2.75, 3.05) is 0 Å². The fourth-order valence-electron chi connectivity index (χ4n) is 2.16. The van der Waals surface area contributed by atoms with E-state index < -0.39 is 0 Å². The fourth-order valence-corrected chi connectivity index (χ4v) is 2.16. The lowest BCUT2D eigenvalue weighted by Crippen LogP contribution is -2.14. The highest BCUT2D eigenvalue weighted by Gasteiger charge is 2.01. The summed E-state index contributed by atoms with van der Waals surface area (Å²) in [4.78, 5) is 12.9. The predicted octanol–water partition coefficient (Wildman–Crippen LogP) is 2.62. The number of rotatable bonds is 4. The molecule has 3 rings (SSSR count). The molecule has 0 fully saturated rings. The van der Waals surface area contributed by atoms with Crippen molar-refractivity contribution in [2.24, 2.45) is 0 Å². The van der Waals surface area contributed by atoms with Gasteiger partial charge in [0.2, 0.25) is 0 Å². The number of hydrogen-bond donors (Lipinski definition) is 1. The maximum Gasteiger partial charge on any atom is 0.0724 e. The first-order valence-corrected chi connectivity index (χ1v) is 6.63. The van der Waals surface area contributed by atoms with E-state index in [1.54, 1.807) is 6.20 Å². The normalized spacial score (nSPS) is 10.8. The summed E-state index contributed by atoms with van der Waals surface area (Å²) in [5.41, 5.74) is 3.08. The Bertz CT molecular complexity index is 702. The molecule has 0 aliphatic rings. The highest BCUT2D eigenvalue weighted by atomic mass is 14.9. The van der Waals surface area contributed by atoms with Crippen molar-refractivity contribution in [3.63, 3.8) is 0 Å². The first-order chi connectivity index (χ1) is 9.83. The van der Waals surface area contributed by atoms with Crippen LogP contribution < -0.4 is 5.32 Å². The fraction of sp³-hybridized carbons (Fsp3) is 0.188. The van der Waals surface area contributed by atoms with Gasteiger partial charge < -0.3 is 5.32 Å². The molecule has 1 aromatic carbocycles. The summed E-state index contributed by atoms with van der Waals surface area (Å²) >= 11 is 0. The average molecular weight is 264 g/mol. The molecular weight excluding hydrogens is 248 g/mol. The van der Waals surface area contributed by atoms with Gasteiger partial charge in [-0.1, -0.05) is 24.3 Å². The van der Waals surface area contributed by atoms with Gasteiger partial charge >= 0.3 is 0 Å². The monoisotopic (exact) mass is 264 g/mol. The Labute approximate surface area is 117 Å². The largest absolute Gasteiger partial charge is 0.307 e. The van der Waals surface area contributed by atoms with E-state index in [0.717, 1.165) is 17.9 Å². The first-order valence-electron chi connectivity index (χ1n) is 6.63. The van der Waals surface area contributed by atoms with Gasteiger partial charge in [-0.15, -0.1) is 0 Å².